The van der Waals surface area contributed by atoms with E-state index < -0.39 is 0 Å². The molecule has 0 aliphatic heterocycles. The molecule has 0 bridgehead atoms. The molecule has 3 heteroatoms. The van der Waals surface area contributed by atoms with Crippen LogP contribution in [0, 0.1) is 0 Å². The molecule has 0 aliphatic rings. The highest BCUT2D eigenvalue weighted by molar-refractivity contribution is 5.40. The molecule has 0 amide bonds. The summed E-state index contributed by atoms with van der Waals surface area (Å²) >= 11 is 0. The van der Waals surface area contributed by atoms with Gasteiger partial charge in [0.25, 0.3) is 0 Å². The van der Waals surface area contributed by atoms with Crippen molar-refractivity contribution in [2.45, 2.75) is 26.3 Å². The molecule has 2 aromatic rings. The topological polar surface area (TPSA) is 34.1 Å². The van der Waals surface area contributed by atoms with Gasteiger partial charge in [-0.1, -0.05) is 31.2 Å². The highest BCUT2D eigenvalue weighted by Gasteiger charge is 2.06. The minimum absolute atomic E-state index is 0.229. The van der Waals surface area contributed by atoms with E-state index in [1.54, 1.807) is 13.3 Å². The minimum atomic E-state index is 0.229. The van der Waals surface area contributed by atoms with Gasteiger partial charge in [-0.05, 0) is 36.6 Å². The lowest BCUT2D eigenvalue weighted by Gasteiger charge is -2.15. The molecule has 0 saturated carbocycles. The van der Waals surface area contributed by atoms with Gasteiger partial charge in [-0.15, -0.1) is 0 Å². The van der Waals surface area contributed by atoms with Crippen LogP contribution in [0.3, 0.4) is 0 Å². The molecule has 1 N–H and O–H groups in total. The van der Waals surface area contributed by atoms with Gasteiger partial charge in [0.2, 0.25) is 0 Å². The van der Waals surface area contributed by atoms with Gasteiger partial charge in [0.05, 0.1) is 13.3 Å². The number of nitrogens with one attached hydrogen (secondary N) is 1. The molecule has 19 heavy (non-hydrogen) atoms. The van der Waals surface area contributed by atoms with E-state index in [1.165, 1.54) is 11.1 Å². The first-order valence-corrected chi connectivity index (χ1v) is 6.58. The molecule has 0 fully saturated rings. The minimum Gasteiger partial charge on any atom is -0.495 e. The lowest BCUT2D eigenvalue weighted by atomic mass is 10.1. The van der Waals surface area contributed by atoms with Crippen LogP contribution in [0.2, 0.25) is 0 Å². The molecule has 1 aromatic heterocycles. The third-order valence-corrected chi connectivity index (χ3v) is 3.22. The first-order chi connectivity index (χ1) is 9.22. The Kier molecular flexibility index (Phi) is 4.39. The maximum Gasteiger partial charge on any atom is 0.137 e. The summed E-state index contributed by atoms with van der Waals surface area (Å²) in [7, 11) is 1.64. The van der Waals surface area contributed by atoms with Crippen molar-refractivity contribution in [1.29, 1.82) is 0 Å². The number of pyridine rings is 1. The van der Waals surface area contributed by atoms with Crippen LogP contribution in [-0.2, 0) is 6.42 Å². The molecule has 3 nitrogen and oxygen atoms in total. The number of benzene rings is 1. The molecule has 1 atom stereocenters. The molecule has 1 unspecified atom stereocenters. The van der Waals surface area contributed by atoms with Crippen LogP contribution in [-0.4, -0.2) is 12.1 Å². The number of aryl methyl sites for hydroxylation is 1. The number of ether oxygens (including phenoxy) is 1. The van der Waals surface area contributed by atoms with Crippen molar-refractivity contribution >= 4 is 5.82 Å². The summed E-state index contributed by atoms with van der Waals surface area (Å²) in [5, 5.41) is 3.38. The smallest absolute Gasteiger partial charge is 0.137 e. The number of hydrogen-bond acceptors (Lipinski definition) is 3. The first kappa shape index (κ1) is 13.4. The second kappa shape index (κ2) is 6.23. The quantitative estimate of drug-likeness (QED) is 0.883. The van der Waals surface area contributed by atoms with Gasteiger partial charge >= 0.3 is 0 Å². The Morgan fingerprint density at radius 3 is 2.42 bits per heavy atom. The van der Waals surface area contributed by atoms with Crippen molar-refractivity contribution in [3.05, 3.63) is 53.7 Å². The Hall–Kier alpha value is -2.03. The fourth-order valence-corrected chi connectivity index (χ4v) is 1.93. The van der Waals surface area contributed by atoms with Crippen LogP contribution < -0.4 is 10.1 Å². The van der Waals surface area contributed by atoms with Crippen LogP contribution in [0.25, 0.3) is 0 Å². The van der Waals surface area contributed by atoms with Crippen LogP contribution in [0.4, 0.5) is 5.82 Å². The summed E-state index contributed by atoms with van der Waals surface area (Å²) in [6, 6.07) is 12.7. The third kappa shape index (κ3) is 3.47. The first-order valence-electron chi connectivity index (χ1n) is 6.58. The molecule has 0 spiro atoms. The average Bonchev–Trinajstić information content (AvgIpc) is 2.48. The predicted octanol–water partition coefficient (Wildman–Crippen LogP) is 3.83. The Morgan fingerprint density at radius 2 is 1.89 bits per heavy atom. The standard InChI is InChI=1S/C16H20N2O/c1-4-13-5-7-14(8-6-13)12(2)18-16-10-9-15(19-3)11-17-16/h5-12H,4H2,1-3H3,(H,17,18). The summed E-state index contributed by atoms with van der Waals surface area (Å²) in [6.45, 7) is 4.30. The van der Waals surface area contributed by atoms with Crippen molar-refractivity contribution in [2.24, 2.45) is 0 Å². The monoisotopic (exact) mass is 256 g/mol. The number of hydrogen-bond donors (Lipinski definition) is 1. The Bertz CT molecular complexity index is 505. The summed E-state index contributed by atoms with van der Waals surface area (Å²) in [4.78, 5) is 4.31. The van der Waals surface area contributed by atoms with E-state index in [-0.39, 0.29) is 6.04 Å². The van der Waals surface area contributed by atoms with Gasteiger partial charge in [0, 0.05) is 6.04 Å². The average molecular weight is 256 g/mol. The Morgan fingerprint density at radius 1 is 1.16 bits per heavy atom. The SMILES string of the molecule is CCc1ccc(C(C)Nc2ccc(OC)cn2)cc1. The van der Waals surface area contributed by atoms with E-state index in [0.29, 0.717) is 0 Å². The van der Waals surface area contributed by atoms with E-state index in [0.717, 1.165) is 18.0 Å². The number of methoxy groups -OCH3 is 1. The lowest BCUT2D eigenvalue weighted by Crippen LogP contribution is -2.07. The molecule has 1 aromatic carbocycles. The van der Waals surface area contributed by atoms with E-state index in [4.69, 9.17) is 4.74 Å². The number of anilines is 1. The van der Waals surface area contributed by atoms with Crippen LogP contribution in [0.5, 0.6) is 5.75 Å². The van der Waals surface area contributed by atoms with Crippen molar-refractivity contribution in [2.75, 3.05) is 12.4 Å². The van der Waals surface area contributed by atoms with Crippen molar-refractivity contribution in [3.8, 4) is 5.75 Å². The predicted molar refractivity (Wildman–Crippen MR) is 78.6 cm³/mol. The summed E-state index contributed by atoms with van der Waals surface area (Å²) < 4.78 is 5.09. The summed E-state index contributed by atoms with van der Waals surface area (Å²) in [5.41, 5.74) is 2.62. The normalized spacial score (nSPS) is 11.9. The second-order valence-corrected chi connectivity index (χ2v) is 4.54. The fourth-order valence-electron chi connectivity index (χ4n) is 1.93. The van der Waals surface area contributed by atoms with Gasteiger partial charge < -0.3 is 10.1 Å². The Labute approximate surface area is 114 Å². The molecule has 0 radical (unpaired) electrons. The van der Waals surface area contributed by atoms with Gasteiger partial charge in [0.1, 0.15) is 11.6 Å². The van der Waals surface area contributed by atoms with Gasteiger partial charge in [0.15, 0.2) is 0 Å². The second-order valence-electron chi connectivity index (χ2n) is 4.54. The third-order valence-electron chi connectivity index (χ3n) is 3.22. The van der Waals surface area contributed by atoms with Gasteiger partial charge in [-0.3, -0.25) is 0 Å². The molecule has 1 heterocycles. The van der Waals surface area contributed by atoms with Crippen molar-refractivity contribution in [3.63, 3.8) is 0 Å². The largest absolute Gasteiger partial charge is 0.495 e. The maximum absolute atomic E-state index is 5.09. The zero-order valence-electron chi connectivity index (χ0n) is 11.7. The highest BCUT2D eigenvalue weighted by Crippen LogP contribution is 2.19. The maximum atomic E-state index is 5.09. The van der Waals surface area contributed by atoms with E-state index in [1.807, 2.05) is 12.1 Å². The summed E-state index contributed by atoms with van der Waals surface area (Å²) in [5.74, 6) is 1.62. The molecule has 100 valence electrons. The molecule has 0 aliphatic carbocycles. The molecular formula is C16H20N2O. The number of aromatic nitrogens is 1. The lowest BCUT2D eigenvalue weighted by molar-refractivity contribution is 0.413. The van der Waals surface area contributed by atoms with Crippen LogP contribution in [0.15, 0.2) is 42.6 Å². The van der Waals surface area contributed by atoms with E-state index in [9.17, 15) is 0 Å². The number of rotatable bonds is 5. The number of nitrogens with zero attached hydrogens (tertiary/aromatic N) is 1. The molecule has 2 rings (SSSR count). The molecular weight excluding hydrogens is 236 g/mol. The van der Waals surface area contributed by atoms with Crippen molar-refractivity contribution in [1.82, 2.24) is 4.98 Å². The zero-order valence-corrected chi connectivity index (χ0v) is 11.7. The molecule has 0 saturated heterocycles. The fraction of sp³-hybridized carbons (Fsp3) is 0.312. The zero-order chi connectivity index (χ0) is 13.7. The van der Waals surface area contributed by atoms with Crippen LogP contribution >= 0.6 is 0 Å². The Balaban J connectivity index is 2.04. The van der Waals surface area contributed by atoms with Gasteiger partial charge in [-0.25, -0.2) is 4.98 Å². The van der Waals surface area contributed by atoms with E-state index >= 15 is 0 Å². The van der Waals surface area contributed by atoms with Gasteiger partial charge in [-0.2, -0.15) is 0 Å². The van der Waals surface area contributed by atoms with Crippen molar-refractivity contribution < 1.29 is 4.74 Å². The van der Waals surface area contributed by atoms with Crippen LogP contribution in [0.1, 0.15) is 31.0 Å². The van der Waals surface area contributed by atoms with E-state index in [2.05, 4.69) is 48.4 Å². The highest BCUT2D eigenvalue weighted by atomic mass is 16.5. The summed E-state index contributed by atoms with van der Waals surface area (Å²) in [6.07, 6.45) is 2.79.